The van der Waals surface area contributed by atoms with E-state index in [-0.39, 0.29) is 11.4 Å². The zero-order chi connectivity index (χ0) is 14.8. The minimum Gasteiger partial charge on any atom is -0.396 e. The van der Waals surface area contributed by atoms with Crippen LogP contribution in [-0.4, -0.2) is 37.5 Å². The molecule has 1 aromatic rings. The van der Waals surface area contributed by atoms with Gasteiger partial charge in [0, 0.05) is 26.7 Å². The number of ether oxygens (including phenoxy) is 2. The van der Waals surface area contributed by atoms with E-state index in [1.807, 2.05) is 0 Å². The second kappa shape index (κ2) is 5.45. The molecule has 1 aliphatic rings. The Morgan fingerprint density at radius 1 is 1.55 bits per heavy atom. The van der Waals surface area contributed by atoms with Gasteiger partial charge in [0.25, 0.3) is 0 Å². The van der Waals surface area contributed by atoms with Crippen molar-refractivity contribution in [2.45, 2.75) is 18.2 Å². The zero-order valence-corrected chi connectivity index (χ0v) is 11.0. The molecule has 0 amide bonds. The maximum Gasteiger partial charge on any atom is 0.433 e. The number of nitrogens with two attached hydrogens (primary N) is 1. The quantitative estimate of drug-likeness (QED) is 0.886. The van der Waals surface area contributed by atoms with Crippen LogP contribution in [0, 0.1) is 0 Å². The summed E-state index contributed by atoms with van der Waals surface area (Å²) >= 11 is 0. The highest BCUT2D eigenvalue weighted by molar-refractivity contribution is 5.65. The molecule has 3 N–H and O–H groups in total. The predicted molar refractivity (Wildman–Crippen MR) is 67.3 cm³/mol. The second-order valence-electron chi connectivity index (χ2n) is 4.70. The van der Waals surface area contributed by atoms with E-state index in [1.165, 1.54) is 0 Å². The molecule has 2 heterocycles. The van der Waals surface area contributed by atoms with Crippen LogP contribution < -0.4 is 11.1 Å². The maximum atomic E-state index is 12.6. The fraction of sp³-hybridized carbons (Fsp3) is 0.583. The third-order valence-corrected chi connectivity index (χ3v) is 3.33. The van der Waals surface area contributed by atoms with Crippen molar-refractivity contribution in [2.24, 2.45) is 0 Å². The summed E-state index contributed by atoms with van der Waals surface area (Å²) in [5.74, 6) is 0. The molecule has 0 spiro atoms. The number of nitrogens with one attached hydrogen (secondary N) is 1. The molecule has 8 heteroatoms. The first-order valence-electron chi connectivity index (χ1n) is 6.06. The normalized spacial score (nSPS) is 23.0. The van der Waals surface area contributed by atoms with Gasteiger partial charge in [0.05, 0.1) is 24.2 Å². The lowest BCUT2D eigenvalue weighted by atomic mass is 10.0. The van der Waals surface area contributed by atoms with Crippen LogP contribution in [-0.2, 0) is 15.7 Å². The van der Waals surface area contributed by atoms with Gasteiger partial charge in [-0.2, -0.15) is 13.2 Å². The van der Waals surface area contributed by atoms with Gasteiger partial charge in [-0.15, -0.1) is 0 Å². The van der Waals surface area contributed by atoms with Crippen LogP contribution in [0.25, 0.3) is 0 Å². The van der Waals surface area contributed by atoms with Crippen molar-refractivity contribution in [1.82, 2.24) is 4.98 Å². The molecule has 0 aromatic carbocycles. The van der Waals surface area contributed by atoms with Gasteiger partial charge in [-0.3, -0.25) is 0 Å². The highest BCUT2D eigenvalue weighted by Crippen LogP contribution is 2.31. The van der Waals surface area contributed by atoms with E-state index in [0.717, 1.165) is 12.3 Å². The van der Waals surface area contributed by atoms with E-state index in [4.69, 9.17) is 15.2 Å². The molecule has 2 rings (SSSR count). The van der Waals surface area contributed by atoms with Crippen LogP contribution in [0.5, 0.6) is 0 Å². The van der Waals surface area contributed by atoms with Gasteiger partial charge in [0.15, 0.2) is 0 Å². The second-order valence-corrected chi connectivity index (χ2v) is 4.70. The van der Waals surface area contributed by atoms with Crippen molar-refractivity contribution in [3.8, 4) is 0 Å². The van der Waals surface area contributed by atoms with E-state index < -0.39 is 17.5 Å². The van der Waals surface area contributed by atoms with Gasteiger partial charge in [-0.1, -0.05) is 0 Å². The third-order valence-electron chi connectivity index (χ3n) is 3.33. The average molecular weight is 291 g/mol. The molecule has 0 bridgehead atoms. The number of methoxy groups -OCH3 is 1. The number of halogens is 3. The molecule has 1 atom stereocenters. The maximum absolute atomic E-state index is 12.6. The summed E-state index contributed by atoms with van der Waals surface area (Å²) in [4.78, 5) is 3.28. The van der Waals surface area contributed by atoms with Crippen LogP contribution in [0.2, 0.25) is 0 Å². The van der Waals surface area contributed by atoms with Gasteiger partial charge in [-0.25, -0.2) is 4.98 Å². The number of aromatic nitrogens is 1. The summed E-state index contributed by atoms with van der Waals surface area (Å²) in [7, 11) is 1.55. The average Bonchev–Trinajstić information content (AvgIpc) is 2.86. The van der Waals surface area contributed by atoms with Crippen molar-refractivity contribution in [1.29, 1.82) is 0 Å². The van der Waals surface area contributed by atoms with Crippen LogP contribution in [0.4, 0.5) is 24.5 Å². The molecular weight excluding hydrogens is 275 g/mol. The lowest BCUT2D eigenvalue weighted by Crippen LogP contribution is -2.39. The Hall–Kier alpha value is -1.54. The number of rotatable bonds is 4. The van der Waals surface area contributed by atoms with Gasteiger partial charge in [0.1, 0.15) is 11.3 Å². The minimum atomic E-state index is -4.50. The van der Waals surface area contributed by atoms with Gasteiger partial charge in [0.2, 0.25) is 0 Å². The Bertz CT molecular complexity index is 474. The Balaban J connectivity index is 2.12. The van der Waals surface area contributed by atoms with E-state index in [2.05, 4.69) is 10.3 Å². The molecule has 1 aliphatic heterocycles. The summed E-state index contributed by atoms with van der Waals surface area (Å²) in [5, 5.41) is 2.89. The summed E-state index contributed by atoms with van der Waals surface area (Å²) in [6.45, 7) is 1.28. The highest BCUT2D eigenvalue weighted by Gasteiger charge is 2.36. The number of hydrogen-bond acceptors (Lipinski definition) is 5. The summed E-state index contributed by atoms with van der Waals surface area (Å²) < 4.78 is 48.5. The van der Waals surface area contributed by atoms with E-state index >= 15 is 0 Å². The van der Waals surface area contributed by atoms with E-state index in [0.29, 0.717) is 26.2 Å². The Kier molecular flexibility index (Phi) is 4.05. The van der Waals surface area contributed by atoms with Crippen LogP contribution >= 0.6 is 0 Å². The van der Waals surface area contributed by atoms with Crippen molar-refractivity contribution < 1.29 is 22.6 Å². The number of nitrogens with zero attached hydrogens (tertiary/aromatic N) is 1. The first kappa shape index (κ1) is 14.9. The Morgan fingerprint density at radius 2 is 2.30 bits per heavy atom. The molecule has 0 radical (unpaired) electrons. The SMILES string of the molecule is COC1(CNc2cc(C(F)(F)F)ncc2N)CCOC1. The zero-order valence-electron chi connectivity index (χ0n) is 11.0. The van der Waals surface area contributed by atoms with Crippen LogP contribution in [0.1, 0.15) is 12.1 Å². The van der Waals surface area contributed by atoms with E-state index in [9.17, 15) is 13.2 Å². The standard InChI is InChI=1S/C12H16F3N3O2/c1-19-11(2-3-20-7-11)6-18-9-4-10(12(13,14)15)17-5-8(9)16/h4-5H,2-3,6-7,16H2,1H3,(H,17,18). The van der Waals surface area contributed by atoms with Gasteiger partial charge in [-0.05, 0) is 6.07 Å². The predicted octanol–water partition coefficient (Wildman–Crippen LogP) is 1.90. The van der Waals surface area contributed by atoms with Crippen molar-refractivity contribution in [2.75, 3.05) is 37.9 Å². The highest BCUT2D eigenvalue weighted by atomic mass is 19.4. The van der Waals surface area contributed by atoms with Gasteiger partial charge >= 0.3 is 6.18 Å². The number of hydrogen-bond donors (Lipinski definition) is 2. The molecule has 1 fully saturated rings. The molecule has 5 nitrogen and oxygen atoms in total. The lowest BCUT2D eigenvalue weighted by molar-refractivity contribution is -0.141. The van der Waals surface area contributed by atoms with Crippen molar-refractivity contribution in [3.63, 3.8) is 0 Å². The smallest absolute Gasteiger partial charge is 0.396 e. The first-order chi connectivity index (χ1) is 9.36. The molecule has 1 aromatic heterocycles. The molecule has 112 valence electrons. The van der Waals surface area contributed by atoms with Crippen LogP contribution in [0.15, 0.2) is 12.3 Å². The first-order valence-corrected chi connectivity index (χ1v) is 6.06. The van der Waals surface area contributed by atoms with Gasteiger partial charge < -0.3 is 20.5 Å². The largest absolute Gasteiger partial charge is 0.433 e. The lowest BCUT2D eigenvalue weighted by Gasteiger charge is -2.26. The third kappa shape index (κ3) is 3.13. The topological polar surface area (TPSA) is 69.4 Å². The molecule has 0 saturated carbocycles. The Labute approximate surface area is 114 Å². The number of anilines is 2. The van der Waals surface area contributed by atoms with Crippen molar-refractivity contribution >= 4 is 11.4 Å². The summed E-state index contributed by atoms with van der Waals surface area (Å²) in [5.41, 5.74) is 4.47. The van der Waals surface area contributed by atoms with Crippen LogP contribution in [0.3, 0.4) is 0 Å². The molecule has 1 unspecified atom stereocenters. The fourth-order valence-corrected chi connectivity index (χ4v) is 1.99. The van der Waals surface area contributed by atoms with E-state index in [1.54, 1.807) is 7.11 Å². The minimum absolute atomic E-state index is 0.156. The Morgan fingerprint density at radius 3 is 2.85 bits per heavy atom. The molecule has 0 aliphatic carbocycles. The molecular formula is C12H16F3N3O2. The van der Waals surface area contributed by atoms with Crippen molar-refractivity contribution in [3.05, 3.63) is 18.0 Å². The number of pyridine rings is 1. The molecule has 20 heavy (non-hydrogen) atoms. The fourth-order valence-electron chi connectivity index (χ4n) is 1.99. The monoisotopic (exact) mass is 291 g/mol. The number of alkyl halides is 3. The summed E-state index contributed by atoms with van der Waals surface area (Å²) in [6.07, 6.45) is -2.83. The number of nitrogen functional groups attached to an aromatic ring is 1. The summed E-state index contributed by atoms with van der Waals surface area (Å²) in [6, 6.07) is 0.897. The molecule has 1 saturated heterocycles.